The van der Waals surface area contributed by atoms with Crippen molar-refractivity contribution in [3.05, 3.63) is 64.0 Å². The minimum absolute atomic E-state index is 0.362. The summed E-state index contributed by atoms with van der Waals surface area (Å²) in [5.74, 6) is -0.00657. The summed E-state index contributed by atoms with van der Waals surface area (Å²) in [6.45, 7) is 8.13. The molecule has 10 heteroatoms. The van der Waals surface area contributed by atoms with E-state index >= 15 is 0 Å². The van der Waals surface area contributed by atoms with Crippen molar-refractivity contribution in [1.29, 1.82) is 0 Å². The minimum atomic E-state index is -1.16. The lowest BCUT2D eigenvalue weighted by molar-refractivity contribution is 0.394. The second kappa shape index (κ2) is 8.05. The summed E-state index contributed by atoms with van der Waals surface area (Å²) in [6, 6.07) is 10.1. The van der Waals surface area contributed by atoms with Crippen LogP contribution in [0.2, 0.25) is 0 Å². The first-order chi connectivity index (χ1) is 15.8. The standard InChI is InChI=1S/C23H28N8O2/c1-13-9-27-23(24,16-4-7-20(26-11-16)31-12-14(2)25-10-15(31)3)30-21(13)28-17-5-6-19-18(8-17)29-22(32)33-19/h4-9,11,14-15,25,28,30H,10,12,24H2,1-3H3,(H,29,32)/t14-,15+,23?/m1/s1. The molecule has 4 heterocycles. The number of hydrogen-bond donors (Lipinski definition) is 5. The lowest BCUT2D eigenvalue weighted by Gasteiger charge is -2.38. The maximum absolute atomic E-state index is 11.4. The van der Waals surface area contributed by atoms with E-state index in [9.17, 15) is 4.79 Å². The number of pyridine rings is 1. The van der Waals surface area contributed by atoms with Crippen molar-refractivity contribution in [2.75, 3.05) is 23.3 Å². The monoisotopic (exact) mass is 448 g/mol. The summed E-state index contributed by atoms with van der Waals surface area (Å²) < 4.78 is 5.07. The Labute approximate surface area is 191 Å². The molecule has 2 aromatic heterocycles. The number of nitrogens with zero attached hydrogens (tertiary/aromatic N) is 3. The van der Waals surface area contributed by atoms with Gasteiger partial charge < -0.3 is 25.3 Å². The SMILES string of the molecule is CC1=C(Nc2ccc3oc(=O)[nH]c3c2)NC(N)(c2ccc(N3C[C@@H](C)NC[C@@H]3C)nc2)N=C1. The molecular formula is C23H28N8O2. The fraction of sp³-hybridized carbons (Fsp3) is 0.348. The van der Waals surface area contributed by atoms with Crippen LogP contribution < -0.4 is 32.3 Å². The molecular weight excluding hydrogens is 420 g/mol. The van der Waals surface area contributed by atoms with Crippen molar-refractivity contribution in [3.63, 3.8) is 0 Å². The molecule has 6 N–H and O–H groups in total. The number of allylic oxidation sites excluding steroid dienone is 1. The molecule has 2 aliphatic rings. The van der Waals surface area contributed by atoms with Crippen LogP contribution in [-0.4, -0.2) is 41.4 Å². The average molecular weight is 449 g/mol. The summed E-state index contributed by atoms with van der Waals surface area (Å²) in [6.07, 6.45) is 3.52. The van der Waals surface area contributed by atoms with Gasteiger partial charge in [-0.2, -0.15) is 0 Å². The highest BCUT2D eigenvalue weighted by Gasteiger charge is 2.31. The van der Waals surface area contributed by atoms with E-state index in [2.05, 4.69) is 44.7 Å². The van der Waals surface area contributed by atoms with Crippen molar-refractivity contribution in [2.45, 2.75) is 38.6 Å². The van der Waals surface area contributed by atoms with E-state index in [0.717, 1.165) is 35.7 Å². The number of nitrogens with two attached hydrogens (primary N) is 1. The summed E-state index contributed by atoms with van der Waals surface area (Å²) >= 11 is 0. The molecule has 5 rings (SSSR count). The van der Waals surface area contributed by atoms with Gasteiger partial charge in [-0.05, 0) is 51.1 Å². The maximum Gasteiger partial charge on any atom is 0.417 e. The van der Waals surface area contributed by atoms with Gasteiger partial charge in [0, 0.05) is 54.4 Å². The first-order valence-corrected chi connectivity index (χ1v) is 11.0. The number of fused-ring (bicyclic) bond motifs is 1. The van der Waals surface area contributed by atoms with Crippen molar-refractivity contribution < 1.29 is 4.42 Å². The molecule has 0 spiro atoms. The van der Waals surface area contributed by atoms with Crippen LogP contribution in [0.15, 0.2) is 62.1 Å². The third kappa shape index (κ3) is 4.10. The number of benzene rings is 1. The van der Waals surface area contributed by atoms with E-state index in [0.29, 0.717) is 29.0 Å². The predicted octanol–water partition coefficient (Wildman–Crippen LogP) is 1.79. The van der Waals surface area contributed by atoms with E-state index in [-0.39, 0.29) is 0 Å². The Kier molecular flexibility index (Phi) is 5.18. The van der Waals surface area contributed by atoms with Gasteiger partial charge in [0.25, 0.3) is 0 Å². The zero-order valence-corrected chi connectivity index (χ0v) is 18.8. The number of aromatic nitrogens is 2. The van der Waals surface area contributed by atoms with Gasteiger partial charge in [0.15, 0.2) is 5.58 Å². The van der Waals surface area contributed by atoms with Crippen LogP contribution in [0.3, 0.4) is 0 Å². The molecule has 10 nitrogen and oxygen atoms in total. The Morgan fingerprint density at radius 3 is 2.91 bits per heavy atom. The van der Waals surface area contributed by atoms with Gasteiger partial charge in [0.1, 0.15) is 11.6 Å². The number of nitrogens with one attached hydrogen (secondary N) is 4. The molecule has 1 aromatic carbocycles. The first-order valence-electron chi connectivity index (χ1n) is 11.0. The van der Waals surface area contributed by atoms with Gasteiger partial charge >= 0.3 is 5.76 Å². The average Bonchev–Trinajstić information content (AvgIpc) is 3.17. The smallest absolute Gasteiger partial charge is 0.408 e. The number of piperazine rings is 1. The third-order valence-electron chi connectivity index (χ3n) is 6.11. The highest BCUT2D eigenvalue weighted by molar-refractivity contribution is 5.82. The largest absolute Gasteiger partial charge is 0.417 e. The van der Waals surface area contributed by atoms with Crippen LogP contribution in [0.5, 0.6) is 0 Å². The molecule has 2 aliphatic heterocycles. The second-order valence-electron chi connectivity index (χ2n) is 8.77. The summed E-state index contributed by atoms with van der Waals surface area (Å²) in [7, 11) is 0. The fourth-order valence-corrected chi connectivity index (χ4v) is 4.16. The molecule has 1 fully saturated rings. The molecule has 33 heavy (non-hydrogen) atoms. The fourth-order valence-electron chi connectivity index (χ4n) is 4.16. The zero-order chi connectivity index (χ0) is 23.2. The normalized spacial score (nSPS) is 25.4. The second-order valence-corrected chi connectivity index (χ2v) is 8.77. The Hall–Kier alpha value is -3.63. The number of oxazole rings is 1. The van der Waals surface area contributed by atoms with Crippen molar-refractivity contribution in [1.82, 2.24) is 20.6 Å². The number of rotatable bonds is 4. The Bertz CT molecular complexity index is 1290. The van der Waals surface area contributed by atoms with Crippen molar-refractivity contribution in [2.24, 2.45) is 10.7 Å². The van der Waals surface area contributed by atoms with E-state index in [1.165, 1.54) is 0 Å². The van der Waals surface area contributed by atoms with Crippen molar-refractivity contribution >= 4 is 28.8 Å². The van der Waals surface area contributed by atoms with Gasteiger partial charge in [-0.1, -0.05) is 0 Å². The first kappa shape index (κ1) is 21.2. The van der Waals surface area contributed by atoms with E-state index < -0.39 is 11.5 Å². The highest BCUT2D eigenvalue weighted by Crippen LogP contribution is 2.26. The molecule has 0 aliphatic carbocycles. The predicted molar refractivity (Wildman–Crippen MR) is 129 cm³/mol. The summed E-state index contributed by atoms with van der Waals surface area (Å²) in [4.78, 5) is 25.6. The van der Waals surface area contributed by atoms with Gasteiger partial charge in [0.2, 0.25) is 5.79 Å². The summed E-state index contributed by atoms with van der Waals surface area (Å²) in [5, 5.41) is 10.1. The minimum Gasteiger partial charge on any atom is -0.408 e. The lowest BCUT2D eigenvalue weighted by Crippen LogP contribution is -2.55. The number of aliphatic imine (C=N–C) groups is 1. The van der Waals surface area contributed by atoms with Crippen LogP contribution in [0.25, 0.3) is 11.1 Å². The number of anilines is 2. The number of hydrogen-bond acceptors (Lipinski definition) is 9. The molecule has 1 unspecified atom stereocenters. The van der Waals surface area contributed by atoms with E-state index in [1.807, 2.05) is 25.1 Å². The molecule has 0 amide bonds. The Morgan fingerprint density at radius 1 is 1.27 bits per heavy atom. The van der Waals surface area contributed by atoms with Gasteiger partial charge in [-0.15, -0.1) is 0 Å². The third-order valence-corrected chi connectivity index (χ3v) is 6.11. The zero-order valence-electron chi connectivity index (χ0n) is 18.8. The van der Waals surface area contributed by atoms with Gasteiger partial charge in [-0.25, -0.2) is 14.8 Å². The maximum atomic E-state index is 11.4. The lowest BCUT2D eigenvalue weighted by atomic mass is 10.1. The molecule has 3 atom stereocenters. The van der Waals surface area contributed by atoms with Gasteiger partial charge in [-0.3, -0.25) is 10.7 Å². The van der Waals surface area contributed by atoms with Crippen LogP contribution in [-0.2, 0) is 5.79 Å². The Morgan fingerprint density at radius 2 is 2.12 bits per heavy atom. The van der Waals surface area contributed by atoms with Crippen LogP contribution in [0.4, 0.5) is 11.5 Å². The highest BCUT2D eigenvalue weighted by atomic mass is 16.4. The molecule has 0 saturated carbocycles. The quantitative estimate of drug-likeness (QED) is 0.407. The van der Waals surface area contributed by atoms with E-state index in [1.54, 1.807) is 24.5 Å². The molecule has 0 radical (unpaired) electrons. The topological polar surface area (TPSA) is 137 Å². The number of H-pyrrole nitrogens is 1. The van der Waals surface area contributed by atoms with Crippen molar-refractivity contribution in [3.8, 4) is 0 Å². The van der Waals surface area contributed by atoms with Crippen LogP contribution in [0.1, 0.15) is 26.3 Å². The number of aromatic amines is 1. The van der Waals surface area contributed by atoms with Crippen LogP contribution in [0, 0.1) is 0 Å². The molecule has 0 bridgehead atoms. The van der Waals surface area contributed by atoms with Crippen LogP contribution >= 0.6 is 0 Å². The Balaban J connectivity index is 1.36. The van der Waals surface area contributed by atoms with Gasteiger partial charge in [0.05, 0.1) is 5.52 Å². The molecule has 3 aromatic rings. The summed E-state index contributed by atoms with van der Waals surface area (Å²) in [5.41, 5.74) is 10.2. The van der Waals surface area contributed by atoms with E-state index in [4.69, 9.17) is 15.1 Å². The molecule has 1 saturated heterocycles. The molecule has 172 valence electrons.